The average molecular weight is 567 g/mol. The Morgan fingerprint density at radius 1 is 0.769 bits per heavy atom. The second kappa shape index (κ2) is 10.8. The molecule has 5 aromatic rings. The predicted octanol–water partition coefficient (Wildman–Crippen LogP) is 4.62. The van der Waals surface area contributed by atoms with Gasteiger partial charge in [-0.05, 0) is 55.0 Å². The fourth-order valence-corrected chi connectivity index (χ4v) is 7.10. The maximum Gasteiger partial charge on any atom is 0.321 e. The van der Waals surface area contributed by atoms with Gasteiger partial charge in [0.15, 0.2) is 0 Å². The molecule has 0 aliphatic rings. The topological polar surface area (TPSA) is 143 Å². The van der Waals surface area contributed by atoms with Crippen LogP contribution < -0.4 is 9.44 Å². The van der Waals surface area contributed by atoms with Gasteiger partial charge in [0.1, 0.15) is 17.2 Å². The van der Waals surface area contributed by atoms with Crippen molar-refractivity contribution < 1.29 is 31.2 Å². The molecule has 9 nitrogen and oxygen atoms in total. The van der Waals surface area contributed by atoms with E-state index in [2.05, 4.69) is 9.44 Å². The lowest BCUT2D eigenvalue weighted by molar-refractivity contribution is -0.139. The van der Waals surface area contributed by atoms with Gasteiger partial charge in [0.2, 0.25) is 20.0 Å². The highest BCUT2D eigenvalue weighted by Gasteiger charge is 2.26. The molecule has 1 unspecified atom stereocenters. The molecule has 1 heterocycles. The maximum absolute atomic E-state index is 13.0. The summed E-state index contributed by atoms with van der Waals surface area (Å²) in [6.45, 7) is 0.0782. The first kappa shape index (κ1) is 26.8. The molecule has 0 radical (unpaired) electrons. The van der Waals surface area contributed by atoms with E-state index in [0.29, 0.717) is 28.4 Å². The molecule has 39 heavy (non-hydrogen) atoms. The van der Waals surface area contributed by atoms with Crippen LogP contribution in [-0.2, 0) is 24.8 Å². The molecular formula is C28H26N2O7S2. The van der Waals surface area contributed by atoms with Gasteiger partial charge in [-0.3, -0.25) is 4.79 Å². The van der Waals surface area contributed by atoms with Gasteiger partial charge in [-0.25, -0.2) is 21.6 Å². The van der Waals surface area contributed by atoms with E-state index in [0.717, 1.165) is 10.8 Å². The molecule has 5 rings (SSSR count). The number of nitrogens with one attached hydrogen (secondary N) is 2. The van der Waals surface area contributed by atoms with Crippen LogP contribution in [0.15, 0.2) is 99.1 Å². The highest BCUT2D eigenvalue weighted by Crippen LogP contribution is 2.30. The van der Waals surface area contributed by atoms with E-state index in [1.54, 1.807) is 30.3 Å². The van der Waals surface area contributed by atoms with Crippen molar-refractivity contribution in [2.45, 2.75) is 35.1 Å². The number of carboxylic acids is 1. The summed E-state index contributed by atoms with van der Waals surface area (Å²) in [6, 6.07) is 22.4. The number of carboxylic acid groups (broad SMARTS) is 1. The molecule has 202 valence electrons. The molecule has 0 bridgehead atoms. The van der Waals surface area contributed by atoms with E-state index in [1.807, 2.05) is 36.4 Å². The van der Waals surface area contributed by atoms with Gasteiger partial charge in [0.25, 0.3) is 0 Å². The lowest BCUT2D eigenvalue weighted by atomic mass is 10.1. The number of hydrogen-bond acceptors (Lipinski definition) is 6. The highest BCUT2D eigenvalue weighted by atomic mass is 32.2. The van der Waals surface area contributed by atoms with Gasteiger partial charge in [-0.1, -0.05) is 54.6 Å². The fraction of sp³-hybridized carbons (Fsp3) is 0.179. The van der Waals surface area contributed by atoms with Crippen molar-refractivity contribution in [2.75, 3.05) is 6.54 Å². The van der Waals surface area contributed by atoms with Crippen LogP contribution in [0.1, 0.15) is 19.3 Å². The standard InChI is InChI=1S/C28H26N2O7S2/c31-28(32)24(12-5-6-17-29-39(35,36)27-14-7-9-19-8-1-2-10-21(19)27)30-38(33,34)20-15-16-26-23(18-20)22-11-3-4-13-25(22)37-26/h1-4,7-11,13-16,18,24,29-30H,5-6,12,17H2,(H,31,32). The third-order valence-electron chi connectivity index (χ3n) is 6.50. The molecule has 1 atom stereocenters. The summed E-state index contributed by atoms with van der Waals surface area (Å²) >= 11 is 0. The zero-order chi connectivity index (χ0) is 27.6. The summed E-state index contributed by atoms with van der Waals surface area (Å²) in [5.74, 6) is -1.32. The van der Waals surface area contributed by atoms with Gasteiger partial charge in [0, 0.05) is 22.7 Å². The Kier molecular flexibility index (Phi) is 7.41. The number of para-hydroxylation sites is 1. The van der Waals surface area contributed by atoms with E-state index < -0.39 is 32.1 Å². The maximum atomic E-state index is 13.0. The lowest BCUT2D eigenvalue weighted by Crippen LogP contribution is -2.40. The van der Waals surface area contributed by atoms with Crippen molar-refractivity contribution in [2.24, 2.45) is 0 Å². The third kappa shape index (κ3) is 5.66. The van der Waals surface area contributed by atoms with Gasteiger partial charge in [-0.2, -0.15) is 4.72 Å². The molecule has 0 saturated carbocycles. The van der Waals surface area contributed by atoms with Crippen molar-refractivity contribution in [3.8, 4) is 0 Å². The second-order valence-electron chi connectivity index (χ2n) is 9.14. The van der Waals surface area contributed by atoms with Crippen LogP contribution >= 0.6 is 0 Å². The van der Waals surface area contributed by atoms with E-state index in [9.17, 15) is 26.7 Å². The Morgan fingerprint density at radius 3 is 2.26 bits per heavy atom. The van der Waals surface area contributed by atoms with Crippen LogP contribution in [0.5, 0.6) is 0 Å². The van der Waals surface area contributed by atoms with E-state index in [1.165, 1.54) is 18.2 Å². The van der Waals surface area contributed by atoms with E-state index in [-0.39, 0.29) is 29.2 Å². The fourth-order valence-electron chi connectivity index (χ4n) is 4.55. The van der Waals surface area contributed by atoms with Crippen molar-refractivity contribution in [1.82, 2.24) is 9.44 Å². The zero-order valence-corrected chi connectivity index (χ0v) is 22.3. The number of sulfonamides is 2. The van der Waals surface area contributed by atoms with Gasteiger partial charge in [0.05, 0.1) is 9.79 Å². The molecule has 11 heteroatoms. The smallest absolute Gasteiger partial charge is 0.321 e. The Bertz CT molecular complexity index is 1890. The quantitative estimate of drug-likeness (QED) is 0.198. The summed E-state index contributed by atoms with van der Waals surface area (Å²) in [7, 11) is -7.93. The van der Waals surface area contributed by atoms with Crippen molar-refractivity contribution in [1.29, 1.82) is 0 Å². The normalized spacial score (nSPS) is 13.2. The molecule has 0 fully saturated rings. The van der Waals surface area contributed by atoms with Gasteiger partial charge < -0.3 is 9.52 Å². The molecule has 0 aliphatic heterocycles. The Labute approximate surface area is 225 Å². The lowest BCUT2D eigenvalue weighted by Gasteiger charge is -2.15. The van der Waals surface area contributed by atoms with Crippen LogP contribution in [0.4, 0.5) is 0 Å². The van der Waals surface area contributed by atoms with Crippen molar-refractivity contribution in [3.63, 3.8) is 0 Å². The van der Waals surface area contributed by atoms with Crippen molar-refractivity contribution in [3.05, 3.63) is 84.9 Å². The van der Waals surface area contributed by atoms with Crippen LogP contribution in [0.3, 0.4) is 0 Å². The Morgan fingerprint density at radius 2 is 1.46 bits per heavy atom. The van der Waals surface area contributed by atoms with Crippen LogP contribution in [0.2, 0.25) is 0 Å². The Hall–Kier alpha value is -3.77. The zero-order valence-electron chi connectivity index (χ0n) is 20.7. The predicted molar refractivity (Wildman–Crippen MR) is 148 cm³/mol. The average Bonchev–Trinajstić information content (AvgIpc) is 3.29. The number of unbranched alkanes of at least 4 members (excludes halogenated alkanes) is 1. The minimum absolute atomic E-state index is 0.0125. The number of rotatable bonds is 11. The van der Waals surface area contributed by atoms with Crippen LogP contribution in [-0.4, -0.2) is 40.5 Å². The SMILES string of the molecule is O=C(O)C(CCCCNS(=O)(=O)c1cccc2ccccc12)NS(=O)(=O)c1ccc2oc3ccccc3c2c1. The summed E-state index contributed by atoms with van der Waals surface area (Å²) in [6.07, 6.45) is 0.590. The molecule has 0 aliphatic carbocycles. The molecular weight excluding hydrogens is 540 g/mol. The number of benzene rings is 4. The van der Waals surface area contributed by atoms with Gasteiger partial charge >= 0.3 is 5.97 Å². The summed E-state index contributed by atoms with van der Waals surface area (Å²) < 4.78 is 62.3. The summed E-state index contributed by atoms with van der Waals surface area (Å²) in [5.41, 5.74) is 1.14. The molecule has 0 saturated heterocycles. The molecule has 3 N–H and O–H groups in total. The monoisotopic (exact) mass is 566 g/mol. The first-order chi connectivity index (χ1) is 18.7. The number of aliphatic carboxylic acids is 1. The summed E-state index contributed by atoms with van der Waals surface area (Å²) in [4.78, 5) is 11.9. The van der Waals surface area contributed by atoms with Crippen LogP contribution in [0, 0.1) is 0 Å². The minimum atomic E-state index is -4.15. The largest absolute Gasteiger partial charge is 0.480 e. The minimum Gasteiger partial charge on any atom is -0.480 e. The molecule has 0 spiro atoms. The van der Waals surface area contributed by atoms with Crippen LogP contribution in [0.25, 0.3) is 32.7 Å². The molecule has 4 aromatic carbocycles. The second-order valence-corrected chi connectivity index (χ2v) is 12.6. The molecule has 1 aromatic heterocycles. The number of fused-ring (bicyclic) bond motifs is 4. The van der Waals surface area contributed by atoms with E-state index >= 15 is 0 Å². The first-order valence-electron chi connectivity index (χ1n) is 12.3. The Balaban J connectivity index is 1.21. The van der Waals surface area contributed by atoms with Gasteiger partial charge in [-0.15, -0.1) is 0 Å². The number of furan rings is 1. The summed E-state index contributed by atoms with van der Waals surface area (Å²) in [5, 5.41) is 12.4. The first-order valence-corrected chi connectivity index (χ1v) is 15.3. The number of hydrogen-bond donors (Lipinski definition) is 3. The number of carbonyl (C=O) groups is 1. The van der Waals surface area contributed by atoms with E-state index in [4.69, 9.17) is 4.42 Å². The highest BCUT2D eigenvalue weighted by molar-refractivity contribution is 7.90. The third-order valence-corrected chi connectivity index (χ3v) is 9.49. The molecule has 0 amide bonds. The van der Waals surface area contributed by atoms with Crippen molar-refractivity contribution >= 4 is 58.7 Å².